The molecular formula is C52H70N2O6. The Kier molecular flexibility index (Phi) is 9.05. The molecule has 1 aromatic carbocycles. The first-order chi connectivity index (χ1) is 28.2. The van der Waals surface area contributed by atoms with E-state index in [9.17, 15) is 15.0 Å². The highest BCUT2D eigenvalue weighted by Crippen LogP contribution is 2.79. The van der Waals surface area contributed by atoms with Crippen LogP contribution in [0.25, 0.3) is 11.0 Å². The number of Topliss-reactive ketones (excluding diaryl/α,β-unsaturated/α-hetero) is 2. The van der Waals surface area contributed by atoms with Gasteiger partial charge in [-0.3, -0.25) is 9.59 Å². The van der Waals surface area contributed by atoms with Crippen LogP contribution in [0.15, 0.2) is 47.8 Å². The van der Waals surface area contributed by atoms with Crippen LogP contribution >= 0.6 is 0 Å². The van der Waals surface area contributed by atoms with Gasteiger partial charge in [0.05, 0.1) is 28.8 Å². The average molecular weight is 819 g/mol. The highest BCUT2D eigenvalue weighted by molar-refractivity contribution is 6.02. The van der Waals surface area contributed by atoms with Crippen molar-refractivity contribution in [1.82, 2.24) is 9.55 Å². The third-order valence-corrected chi connectivity index (χ3v) is 19.0. The number of epoxide rings is 1. The zero-order valence-electron chi connectivity index (χ0n) is 37.8. The van der Waals surface area contributed by atoms with E-state index in [-0.39, 0.29) is 40.2 Å². The average Bonchev–Trinajstić information content (AvgIpc) is 3.47. The van der Waals surface area contributed by atoms with Gasteiger partial charge in [-0.05, 0) is 134 Å². The van der Waals surface area contributed by atoms with E-state index in [2.05, 4.69) is 88.5 Å². The van der Waals surface area contributed by atoms with Crippen molar-refractivity contribution in [2.24, 2.45) is 44.3 Å². The lowest BCUT2D eigenvalue weighted by Gasteiger charge is -2.72. The molecule has 2 aliphatic heterocycles. The van der Waals surface area contributed by atoms with Gasteiger partial charge in [-0.1, -0.05) is 65.3 Å². The number of aromatic nitrogens is 2. The van der Waals surface area contributed by atoms with Crippen molar-refractivity contribution in [3.63, 3.8) is 0 Å². The minimum Gasteiger partial charge on any atom is -0.392 e. The first-order valence-electron chi connectivity index (χ1n) is 23.4. The van der Waals surface area contributed by atoms with Crippen molar-refractivity contribution in [2.45, 2.75) is 169 Å². The summed E-state index contributed by atoms with van der Waals surface area (Å²) < 4.78 is 14.1. The molecule has 8 heteroatoms. The molecule has 3 aromatic rings. The molecule has 10 rings (SSSR count). The standard InChI is InChI=1S/C52H70N2O6/c1-30-22-31(24-33(23-30)32-13-20-59-21-14-32)25-34-28-54(35-12-19-53-41(34)35)29-52-18-17-48(6,26-37(56)45-47(4,5)60-45)40-36(55)27-51(9,42(40)52)50(8)16-10-38-46(2,3)39(57)11-15-49(38,7)43(50)44(52)58/h12,19,22-24,28,32,37-38,43-45,53,56,58H,10-11,13-18,20-21,25-27,29H2,1-9H3. The van der Waals surface area contributed by atoms with Crippen molar-refractivity contribution in [1.29, 1.82) is 0 Å². The lowest BCUT2D eigenvalue weighted by molar-refractivity contribution is -0.240. The number of H-pyrrole nitrogens is 1. The Morgan fingerprint density at radius 1 is 0.950 bits per heavy atom. The molecule has 60 heavy (non-hydrogen) atoms. The second kappa shape index (κ2) is 13.2. The van der Waals surface area contributed by atoms with E-state index in [1.807, 2.05) is 20.0 Å². The van der Waals surface area contributed by atoms with E-state index < -0.39 is 33.9 Å². The first-order valence-corrected chi connectivity index (χ1v) is 23.4. The van der Waals surface area contributed by atoms with Crippen LogP contribution in [-0.4, -0.2) is 68.5 Å². The molecule has 2 aromatic heterocycles. The molecule has 3 N–H and O–H groups in total. The summed E-state index contributed by atoms with van der Waals surface area (Å²) in [6.07, 6.45) is 11.0. The number of carbonyl (C=O) groups is 2. The Morgan fingerprint density at radius 3 is 2.40 bits per heavy atom. The summed E-state index contributed by atoms with van der Waals surface area (Å²) >= 11 is 0. The Hall–Kier alpha value is -3.04. The van der Waals surface area contributed by atoms with Gasteiger partial charge >= 0.3 is 0 Å². The molecule has 0 radical (unpaired) electrons. The summed E-state index contributed by atoms with van der Waals surface area (Å²) in [6.45, 7) is 22.2. The first kappa shape index (κ1) is 41.0. The molecule has 0 bridgehead atoms. The van der Waals surface area contributed by atoms with E-state index in [0.29, 0.717) is 43.9 Å². The predicted molar refractivity (Wildman–Crippen MR) is 234 cm³/mol. The second-order valence-electron chi connectivity index (χ2n) is 23.2. The van der Waals surface area contributed by atoms with Crippen LogP contribution in [0, 0.1) is 51.2 Å². The topological polar surface area (TPSA) is 117 Å². The van der Waals surface area contributed by atoms with Crippen LogP contribution in [0.3, 0.4) is 0 Å². The number of hydrogen-bond donors (Lipinski definition) is 3. The van der Waals surface area contributed by atoms with Crippen LogP contribution < -0.4 is 0 Å². The number of carbonyl (C=O) groups excluding carboxylic acids is 2. The van der Waals surface area contributed by atoms with Crippen LogP contribution in [0.2, 0.25) is 0 Å². The minimum absolute atomic E-state index is 0.0970. The number of aliphatic hydroxyl groups is 2. The molecule has 10 atom stereocenters. The van der Waals surface area contributed by atoms with E-state index in [0.717, 1.165) is 74.8 Å². The number of aromatic amines is 1. The Balaban J connectivity index is 1.11. The van der Waals surface area contributed by atoms with Crippen molar-refractivity contribution in [2.75, 3.05) is 13.2 Å². The van der Waals surface area contributed by atoms with Gasteiger partial charge in [-0.25, -0.2) is 0 Å². The summed E-state index contributed by atoms with van der Waals surface area (Å²) in [6, 6.07) is 9.27. The van der Waals surface area contributed by atoms with Gasteiger partial charge in [-0.2, -0.15) is 0 Å². The van der Waals surface area contributed by atoms with Gasteiger partial charge in [0, 0.05) is 73.2 Å². The number of aryl methyl sites for hydroxylation is 1. The summed E-state index contributed by atoms with van der Waals surface area (Å²) in [5, 5.41) is 25.5. The summed E-state index contributed by atoms with van der Waals surface area (Å²) in [5.74, 6) is 1.12. The molecule has 2 saturated heterocycles. The lowest BCUT2D eigenvalue weighted by Crippen LogP contribution is -2.71. The number of rotatable bonds is 8. The molecule has 5 fully saturated rings. The maximum Gasteiger partial charge on any atom is 0.160 e. The fourth-order valence-electron chi connectivity index (χ4n) is 15.9. The highest BCUT2D eigenvalue weighted by atomic mass is 16.6. The fraction of sp³-hybridized carbons (Fsp3) is 0.692. The van der Waals surface area contributed by atoms with Crippen molar-refractivity contribution in [3.05, 3.63) is 70.1 Å². The van der Waals surface area contributed by atoms with Crippen molar-refractivity contribution >= 4 is 22.6 Å². The number of aliphatic hydroxyl groups excluding tert-OH is 2. The summed E-state index contributed by atoms with van der Waals surface area (Å²) in [7, 11) is 0. The second-order valence-corrected chi connectivity index (χ2v) is 23.2. The van der Waals surface area contributed by atoms with Crippen molar-refractivity contribution < 1.29 is 29.3 Å². The quantitative estimate of drug-likeness (QED) is 0.195. The van der Waals surface area contributed by atoms with E-state index in [1.165, 1.54) is 27.8 Å². The number of benzene rings is 1. The van der Waals surface area contributed by atoms with Crippen LogP contribution in [0.1, 0.15) is 148 Å². The number of hydrogen-bond acceptors (Lipinski definition) is 6. The maximum absolute atomic E-state index is 15.1. The van der Waals surface area contributed by atoms with Gasteiger partial charge < -0.3 is 29.2 Å². The fourth-order valence-corrected chi connectivity index (χ4v) is 15.9. The third kappa shape index (κ3) is 5.61. The number of ether oxygens (including phenoxy) is 2. The number of fused-ring (bicyclic) bond motifs is 5. The minimum atomic E-state index is -0.720. The maximum atomic E-state index is 15.1. The molecule has 0 amide bonds. The van der Waals surface area contributed by atoms with Crippen molar-refractivity contribution in [3.8, 4) is 0 Å². The monoisotopic (exact) mass is 819 g/mol. The Bertz CT molecular complexity index is 2310. The van der Waals surface area contributed by atoms with Crippen LogP contribution in [-0.2, 0) is 32.0 Å². The normalized spacial score (nSPS) is 40.0. The van der Waals surface area contributed by atoms with Gasteiger partial charge in [-0.15, -0.1) is 0 Å². The summed E-state index contributed by atoms with van der Waals surface area (Å²) in [5.41, 5.74) is 6.33. The van der Waals surface area contributed by atoms with E-state index in [4.69, 9.17) is 9.47 Å². The highest BCUT2D eigenvalue weighted by Gasteiger charge is 2.76. The Labute approximate surface area is 357 Å². The van der Waals surface area contributed by atoms with Gasteiger partial charge in [0.25, 0.3) is 0 Å². The van der Waals surface area contributed by atoms with Crippen LogP contribution in [0.5, 0.6) is 0 Å². The number of allylic oxidation sites excluding steroid dienone is 1. The zero-order valence-corrected chi connectivity index (χ0v) is 37.8. The van der Waals surface area contributed by atoms with E-state index in [1.54, 1.807) is 0 Å². The SMILES string of the molecule is Cc1cc(Cc2cn(CC34CCC(C)(CC(O)C5OC5(C)C)C5=C3C(C)(CC5=O)C3(C)CCC5C(C)(C)C(=O)CCC5(C)C3C4O)c3cc[nH]c23)cc(C2CCOCC2)c1. The number of ketones is 2. The molecule has 7 aliphatic rings. The molecule has 4 heterocycles. The van der Waals surface area contributed by atoms with Gasteiger partial charge in [0.15, 0.2) is 5.78 Å². The molecule has 3 saturated carbocycles. The molecule has 10 unspecified atom stereocenters. The lowest BCUT2D eigenvalue weighted by atomic mass is 9.32. The Morgan fingerprint density at radius 2 is 1.68 bits per heavy atom. The van der Waals surface area contributed by atoms with E-state index >= 15 is 4.79 Å². The third-order valence-electron chi connectivity index (χ3n) is 19.0. The van der Waals surface area contributed by atoms with Gasteiger partial charge in [0.2, 0.25) is 0 Å². The smallest absolute Gasteiger partial charge is 0.160 e. The molecule has 5 aliphatic carbocycles. The molecule has 8 nitrogen and oxygen atoms in total. The number of nitrogens with one attached hydrogen (secondary N) is 1. The predicted octanol–water partition coefficient (Wildman–Crippen LogP) is 9.56. The van der Waals surface area contributed by atoms with Crippen LogP contribution in [0.4, 0.5) is 0 Å². The molecule has 0 spiro atoms. The summed E-state index contributed by atoms with van der Waals surface area (Å²) in [4.78, 5) is 32.4. The van der Waals surface area contributed by atoms with Gasteiger partial charge in [0.1, 0.15) is 11.9 Å². The molecule has 324 valence electrons. The zero-order chi connectivity index (χ0) is 42.6. The number of nitrogens with zero attached hydrogens (tertiary/aromatic N) is 1. The molecular weight excluding hydrogens is 749 g/mol. The largest absolute Gasteiger partial charge is 0.392 e.